The van der Waals surface area contributed by atoms with Gasteiger partial charge in [-0.15, -0.1) is 0 Å². The van der Waals surface area contributed by atoms with E-state index in [1.807, 2.05) is 42.5 Å². The van der Waals surface area contributed by atoms with E-state index >= 15 is 0 Å². The fraction of sp³-hybridized carbons (Fsp3) is 0.143. The summed E-state index contributed by atoms with van der Waals surface area (Å²) in [6.07, 6.45) is -0.507. The average molecular weight is 344 g/mol. The summed E-state index contributed by atoms with van der Waals surface area (Å²) in [5.74, 6) is 0. The van der Waals surface area contributed by atoms with Crippen molar-refractivity contribution in [3.63, 3.8) is 0 Å². The predicted octanol–water partition coefficient (Wildman–Crippen LogP) is 5.31. The zero-order valence-corrected chi connectivity index (χ0v) is 12.9. The Morgan fingerprint density at radius 2 is 1.89 bits per heavy atom. The van der Waals surface area contributed by atoms with E-state index in [9.17, 15) is 5.11 Å². The van der Waals surface area contributed by atoms with Crippen LogP contribution in [0.5, 0.6) is 0 Å². The van der Waals surface area contributed by atoms with Crippen molar-refractivity contribution in [2.24, 2.45) is 0 Å². The van der Waals surface area contributed by atoms with Crippen LogP contribution in [0.25, 0.3) is 0 Å². The van der Waals surface area contributed by atoms with Crippen molar-refractivity contribution < 1.29 is 5.11 Å². The lowest BCUT2D eigenvalue weighted by Gasteiger charge is -2.12. The summed E-state index contributed by atoms with van der Waals surface area (Å²) in [4.78, 5) is 2.00. The normalized spacial score (nSPS) is 12.4. The van der Waals surface area contributed by atoms with E-state index in [1.165, 1.54) is 0 Å². The van der Waals surface area contributed by atoms with Crippen LogP contribution in [0.4, 0.5) is 0 Å². The molecule has 0 saturated heterocycles. The molecule has 1 atom stereocenters. The number of aliphatic hydroxyl groups is 1. The van der Waals surface area contributed by atoms with Gasteiger partial charge in [0.2, 0.25) is 0 Å². The van der Waals surface area contributed by atoms with Gasteiger partial charge in [-0.25, -0.2) is 0 Å². The molecule has 1 N–H and O–H groups in total. The van der Waals surface area contributed by atoms with Crippen molar-refractivity contribution >= 4 is 39.3 Å². The Labute approximate surface area is 124 Å². The largest absolute Gasteiger partial charge is 0.389 e. The summed E-state index contributed by atoms with van der Waals surface area (Å²) in [6.45, 7) is 1.76. The molecule has 4 heteroatoms. The van der Waals surface area contributed by atoms with Crippen molar-refractivity contribution in [2.45, 2.75) is 22.8 Å². The molecule has 0 aliphatic carbocycles. The summed E-state index contributed by atoms with van der Waals surface area (Å²) in [7, 11) is 0. The molecule has 0 aliphatic rings. The molecule has 0 radical (unpaired) electrons. The molecule has 0 fully saturated rings. The molecular formula is C14H12BrClOS. The third kappa shape index (κ3) is 3.29. The van der Waals surface area contributed by atoms with Gasteiger partial charge in [0.15, 0.2) is 0 Å². The van der Waals surface area contributed by atoms with Crippen LogP contribution in [-0.4, -0.2) is 5.11 Å². The third-order valence-corrected chi connectivity index (χ3v) is 4.58. The van der Waals surface area contributed by atoms with Crippen molar-refractivity contribution in [1.82, 2.24) is 0 Å². The Kier molecular flexibility index (Phi) is 4.73. The summed E-state index contributed by atoms with van der Waals surface area (Å²) in [6, 6.07) is 13.6. The van der Waals surface area contributed by atoms with E-state index in [-0.39, 0.29) is 0 Å². The second-order valence-corrected chi connectivity index (χ2v) is 6.30. The average Bonchev–Trinajstić information content (AvgIpc) is 2.34. The second kappa shape index (κ2) is 6.11. The molecule has 0 amide bonds. The van der Waals surface area contributed by atoms with E-state index in [4.69, 9.17) is 11.6 Å². The van der Waals surface area contributed by atoms with Crippen LogP contribution in [0.3, 0.4) is 0 Å². The quantitative estimate of drug-likeness (QED) is 0.815. The molecule has 2 aromatic rings. The number of hydrogen-bond donors (Lipinski definition) is 1. The molecule has 0 saturated carbocycles. The van der Waals surface area contributed by atoms with Gasteiger partial charge in [-0.05, 0) is 42.8 Å². The Hall–Kier alpha value is -0.480. The van der Waals surface area contributed by atoms with Crippen LogP contribution in [0, 0.1) is 0 Å². The van der Waals surface area contributed by atoms with Gasteiger partial charge in [0.25, 0.3) is 0 Å². The monoisotopic (exact) mass is 342 g/mol. The molecule has 1 unspecified atom stereocenters. The Morgan fingerprint density at radius 3 is 2.56 bits per heavy atom. The summed E-state index contributed by atoms with van der Waals surface area (Å²) in [5.41, 5.74) is 0.897. The molecule has 0 spiro atoms. The highest BCUT2D eigenvalue weighted by molar-refractivity contribution is 9.10. The highest BCUT2D eigenvalue weighted by Gasteiger charge is 2.11. The summed E-state index contributed by atoms with van der Waals surface area (Å²) >= 11 is 11.1. The number of benzene rings is 2. The topological polar surface area (TPSA) is 20.2 Å². The van der Waals surface area contributed by atoms with Gasteiger partial charge in [-0.2, -0.15) is 0 Å². The molecule has 0 aromatic heterocycles. The van der Waals surface area contributed by atoms with Gasteiger partial charge in [-0.1, -0.05) is 51.4 Å². The predicted molar refractivity (Wildman–Crippen MR) is 80.4 cm³/mol. The smallest absolute Gasteiger partial charge is 0.0773 e. The standard InChI is InChI=1S/C14H12BrClOS/c1-9(17)11-8-10(15)6-7-13(11)18-14-5-3-2-4-12(14)16/h2-9,17H,1H3. The molecule has 94 valence electrons. The first-order chi connectivity index (χ1) is 8.58. The van der Waals surface area contributed by atoms with Crippen LogP contribution in [0.2, 0.25) is 5.02 Å². The Bertz CT molecular complexity index is 557. The summed E-state index contributed by atoms with van der Waals surface area (Å²) in [5, 5.41) is 10.5. The highest BCUT2D eigenvalue weighted by atomic mass is 79.9. The van der Waals surface area contributed by atoms with Crippen LogP contribution in [0.15, 0.2) is 56.7 Å². The number of rotatable bonds is 3. The Morgan fingerprint density at radius 1 is 1.17 bits per heavy atom. The second-order valence-electron chi connectivity index (χ2n) is 3.89. The number of hydrogen-bond acceptors (Lipinski definition) is 2. The van der Waals surface area contributed by atoms with E-state index in [2.05, 4.69) is 15.9 Å². The minimum absolute atomic E-state index is 0.507. The number of aliphatic hydroxyl groups excluding tert-OH is 1. The molecule has 0 heterocycles. The first-order valence-corrected chi connectivity index (χ1v) is 7.46. The molecule has 1 nitrogen and oxygen atoms in total. The minimum Gasteiger partial charge on any atom is -0.389 e. The summed E-state index contributed by atoms with van der Waals surface area (Å²) < 4.78 is 0.960. The SMILES string of the molecule is CC(O)c1cc(Br)ccc1Sc1ccccc1Cl. The van der Waals surface area contributed by atoms with Crippen LogP contribution < -0.4 is 0 Å². The van der Waals surface area contributed by atoms with Gasteiger partial charge in [0.05, 0.1) is 11.1 Å². The first kappa shape index (κ1) is 13.9. The fourth-order valence-electron chi connectivity index (χ4n) is 1.58. The van der Waals surface area contributed by atoms with Gasteiger partial charge < -0.3 is 5.11 Å². The zero-order chi connectivity index (χ0) is 13.1. The maximum absolute atomic E-state index is 9.81. The molecule has 2 rings (SSSR count). The van der Waals surface area contributed by atoms with Gasteiger partial charge in [0.1, 0.15) is 0 Å². The van der Waals surface area contributed by atoms with Gasteiger partial charge >= 0.3 is 0 Å². The van der Waals surface area contributed by atoms with Crippen LogP contribution in [0.1, 0.15) is 18.6 Å². The maximum atomic E-state index is 9.81. The van der Waals surface area contributed by atoms with Crippen molar-refractivity contribution in [1.29, 1.82) is 0 Å². The lowest BCUT2D eigenvalue weighted by atomic mass is 10.1. The molecule has 2 aromatic carbocycles. The van der Waals surface area contributed by atoms with Crippen molar-refractivity contribution in [3.8, 4) is 0 Å². The molecule has 18 heavy (non-hydrogen) atoms. The minimum atomic E-state index is -0.507. The lowest BCUT2D eigenvalue weighted by Crippen LogP contribution is -1.94. The fourth-order valence-corrected chi connectivity index (χ4v) is 3.25. The van der Waals surface area contributed by atoms with Crippen LogP contribution >= 0.6 is 39.3 Å². The van der Waals surface area contributed by atoms with Gasteiger partial charge in [-0.3, -0.25) is 0 Å². The maximum Gasteiger partial charge on any atom is 0.0773 e. The van der Waals surface area contributed by atoms with E-state index in [0.29, 0.717) is 0 Å². The Balaban J connectivity index is 2.37. The molecule has 0 bridgehead atoms. The van der Waals surface area contributed by atoms with E-state index in [1.54, 1.807) is 18.7 Å². The van der Waals surface area contributed by atoms with Crippen LogP contribution in [-0.2, 0) is 0 Å². The molecule has 0 aliphatic heterocycles. The lowest BCUT2D eigenvalue weighted by molar-refractivity contribution is 0.196. The highest BCUT2D eigenvalue weighted by Crippen LogP contribution is 2.37. The van der Waals surface area contributed by atoms with Crippen molar-refractivity contribution in [2.75, 3.05) is 0 Å². The third-order valence-electron chi connectivity index (χ3n) is 2.48. The van der Waals surface area contributed by atoms with E-state index < -0.39 is 6.10 Å². The molecular weight excluding hydrogens is 332 g/mol. The zero-order valence-electron chi connectivity index (χ0n) is 9.73. The first-order valence-electron chi connectivity index (χ1n) is 5.48. The van der Waals surface area contributed by atoms with Gasteiger partial charge in [0, 0.05) is 14.3 Å². The van der Waals surface area contributed by atoms with Crippen molar-refractivity contribution in [3.05, 3.63) is 57.5 Å². The van der Waals surface area contributed by atoms with E-state index in [0.717, 1.165) is 24.8 Å². The number of halogens is 2.